The third-order valence-electron chi connectivity index (χ3n) is 3.94. The molecule has 1 atom stereocenters. The van der Waals surface area contributed by atoms with E-state index < -0.39 is 6.10 Å². The van der Waals surface area contributed by atoms with Crippen LogP contribution in [0.2, 0.25) is 0 Å². The lowest BCUT2D eigenvalue weighted by Crippen LogP contribution is -2.30. The van der Waals surface area contributed by atoms with Crippen LogP contribution < -0.4 is 10.1 Å². The number of hydrogen-bond donors (Lipinski definition) is 1. The molecule has 2 aromatic rings. The SMILES string of the molecule is Cc1cc(C)c(C)c(OC(C)C(=O)Nc2ccc(CC#N)cc2)c1. The lowest BCUT2D eigenvalue weighted by Gasteiger charge is -2.18. The summed E-state index contributed by atoms with van der Waals surface area (Å²) in [5.74, 6) is 0.529. The van der Waals surface area contributed by atoms with Gasteiger partial charge in [-0.15, -0.1) is 0 Å². The molecule has 0 bridgehead atoms. The van der Waals surface area contributed by atoms with E-state index in [-0.39, 0.29) is 5.91 Å². The Bertz CT molecular complexity index is 773. The number of carbonyl (C=O) groups excluding carboxylic acids is 1. The second kappa shape index (κ2) is 7.65. The summed E-state index contributed by atoms with van der Waals surface area (Å²) < 4.78 is 5.85. The minimum atomic E-state index is -0.608. The molecular formula is C20H22N2O2. The van der Waals surface area contributed by atoms with E-state index in [4.69, 9.17) is 10.00 Å². The molecule has 0 aromatic heterocycles. The molecule has 124 valence electrons. The largest absolute Gasteiger partial charge is 0.481 e. The van der Waals surface area contributed by atoms with Gasteiger partial charge < -0.3 is 10.1 Å². The first kappa shape index (κ1) is 17.6. The predicted molar refractivity (Wildman–Crippen MR) is 95.1 cm³/mol. The highest BCUT2D eigenvalue weighted by molar-refractivity contribution is 5.94. The summed E-state index contributed by atoms with van der Waals surface area (Å²) in [6.45, 7) is 7.76. The van der Waals surface area contributed by atoms with Crippen LogP contribution in [-0.4, -0.2) is 12.0 Å². The minimum Gasteiger partial charge on any atom is -0.481 e. The van der Waals surface area contributed by atoms with Crippen molar-refractivity contribution in [2.24, 2.45) is 0 Å². The highest BCUT2D eigenvalue weighted by Crippen LogP contribution is 2.24. The highest BCUT2D eigenvalue weighted by atomic mass is 16.5. The van der Waals surface area contributed by atoms with E-state index in [1.165, 1.54) is 0 Å². The van der Waals surface area contributed by atoms with Gasteiger partial charge in [-0.05, 0) is 68.1 Å². The highest BCUT2D eigenvalue weighted by Gasteiger charge is 2.16. The summed E-state index contributed by atoms with van der Waals surface area (Å²) in [5.41, 5.74) is 4.90. The van der Waals surface area contributed by atoms with Crippen molar-refractivity contribution in [2.75, 3.05) is 5.32 Å². The van der Waals surface area contributed by atoms with Gasteiger partial charge >= 0.3 is 0 Å². The summed E-state index contributed by atoms with van der Waals surface area (Å²) in [4.78, 5) is 12.3. The standard InChI is InChI=1S/C20H22N2O2/c1-13-11-14(2)15(3)19(12-13)24-16(4)20(23)22-18-7-5-17(6-8-18)9-10-21/h5-8,11-12,16H,9H2,1-4H3,(H,22,23). The van der Waals surface area contributed by atoms with Crippen LogP contribution in [0.15, 0.2) is 36.4 Å². The molecule has 0 aliphatic heterocycles. The van der Waals surface area contributed by atoms with Gasteiger partial charge in [-0.1, -0.05) is 18.2 Å². The zero-order valence-electron chi connectivity index (χ0n) is 14.5. The first-order chi connectivity index (χ1) is 11.4. The molecule has 2 aromatic carbocycles. The zero-order chi connectivity index (χ0) is 17.7. The lowest BCUT2D eigenvalue weighted by atomic mass is 10.1. The van der Waals surface area contributed by atoms with Crippen molar-refractivity contribution in [3.63, 3.8) is 0 Å². The number of nitriles is 1. The summed E-state index contributed by atoms with van der Waals surface area (Å²) in [6, 6.07) is 13.4. The van der Waals surface area contributed by atoms with Gasteiger partial charge in [0.15, 0.2) is 6.10 Å². The van der Waals surface area contributed by atoms with Gasteiger partial charge in [0.2, 0.25) is 0 Å². The Balaban J connectivity index is 2.03. The molecule has 4 heteroatoms. The van der Waals surface area contributed by atoms with Crippen molar-refractivity contribution in [3.8, 4) is 11.8 Å². The van der Waals surface area contributed by atoms with Gasteiger partial charge in [0.1, 0.15) is 5.75 Å². The Morgan fingerprint density at radius 3 is 2.50 bits per heavy atom. The Kier molecular flexibility index (Phi) is 5.59. The number of nitrogens with zero attached hydrogens (tertiary/aromatic N) is 1. The Hall–Kier alpha value is -2.80. The molecule has 0 spiro atoms. The number of carbonyl (C=O) groups is 1. The van der Waals surface area contributed by atoms with Crippen molar-refractivity contribution < 1.29 is 9.53 Å². The fraction of sp³-hybridized carbons (Fsp3) is 0.300. The van der Waals surface area contributed by atoms with Crippen LogP contribution in [0.5, 0.6) is 5.75 Å². The van der Waals surface area contributed by atoms with E-state index in [9.17, 15) is 4.79 Å². The van der Waals surface area contributed by atoms with Crippen LogP contribution in [0.3, 0.4) is 0 Å². The predicted octanol–water partition coefficient (Wildman–Crippen LogP) is 4.08. The first-order valence-corrected chi connectivity index (χ1v) is 7.92. The molecule has 1 N–H and O–H groups in total. The molecule has 1 unspecified atom stereocenters. The van der Waals surface area contributed by atoms with E-state index in [0.29, 0.717) is 12.1 Å². The third kappa shape index (κ3) is 4.36. The lowest BCUT2D eigenvalue weighted by molar-refractivity contribution is -0.122. The second-order valence-corrected chi connectivity index (χ2v) is 5.99. The van der Waals surface area contributed by atoms with E-state index >= 15 is 0 Å². The number of rotatable bonds is 5. The van der Waals surface area contributed by atoms with Gasteiger partial charge in [-0.2, -0.15) is 5.26 Å². The maximum absolute atomic E-state index is 12.3. The minimum absolute atomic E-state index is 0.207. The summed E-state index contributed by atoms with van der Waals surface area (Å²) in [6.07, 6.45) is -0.247. The van der Waals surface area contributed by atoms with Crippen molar-refractivity contribution in [1.82, 2.24) is 0 Å². The van der Waals surface area contributed by atoms with Crippen molar-refractivity contribution >= 4 is 11.6 Å². The van der Waals surface area contributed by atoms with Crippen LogP contribution in [0, 0.1) is 32.1 Å². The number of anilines is 1. The van der Waals surface area contributed by atoms with Gasteiger partial charge in [0.25, 0.3) is 5.91 Å². The van der Waals surface area contributed by atoms with E-state index in [1.807, 2.05) is 39.0 Å². The number of ether oxygens (including phenoxy) is 1. The molecule has 0 heterocycles. The molecule has 2 rings (SSSR count). The molecule has 0 saturated carbocycles. The fourth-order valence-corrected chi connectivity index (χ4v) is 2.41. The Morgan fingerprint density at radius 2 is 1.88 bits per heavy atom. The number of aryl methyl sites for hydroxylation is 2. The second-order valence-electron chi connectivity index (χ2n) is 5.99. The maximum Gasteiger partial charge on any atom is 0.265 e. The van der Waals surface area contributed by atoms with Crippen molar-refractivity contribution in [1.29, 1.82) is 5.26 Å². The first-order valence-electron chi connectivity index (χ1n) is 7.92. The van der Waals surface area contributed by atoms with Gasteiger partial charge in [0.05, 0.1) is 12.5 Å². The van der Waals surface area contributed by atoms with Gasteiger partial charge in [0, 0.05) is 5.69 Å². The topological polar surface area (TPSA) is 62.1 Å². The normalized spacial score (nSPS) is 11.5. The van der Waals surface area contributed by atoms with E-state index in [0.717, 1.165) is 28.0 Å². The fourth-order valence-electron chi connectivity index (χ4n) is 2.41. The molecule has 24 heavy (non-hydrogen) atoms. The maximum atomic E-state index is 12.3. The molecule has 1 amide bonds. The number of nitrogens with one attached hydrogen (secondary N) is 1. The molecule has 4 nitrogen and oxygen atoms in total. The van der Waals surface area contributed by atoms with Gasteiger partial charge in [-0.25, -0.2) is 0 Å². The van der Waals surface area contributed by atoms with Crippen molar-refractivity contribution in [2.45, 2.75) is 40.2 Å². The summed E-state index contributed by atoms with van der Waals surface area (Å²) in [5, 5.41) is 11.5. The molecule has 0 aliphatic rings. The quantitative estimate of drug-likeness (QED) is 0.902. The third-order valence-corrected chi connectivity index (χ3v) is 3.94. The number of hydrogen-bond acceptors (Lipinski definition) is 3. The van der Waals surface area contributed by atoms with Crippen LogP contribution in [0.4, 0.5) is 5.69 Å². The monoisotopic (exact) mass is 322 g/mol. The van der Waals surface area contributed by atoms with Crippen LogP contribution >= 0.6 is 0 Å². The molecule has 0 aliphatic carbocycles. The zero-order valence-corrected chi connectivity index (χ0v) is 14.5. The smallest absolute Gasteiger partial charge is 0.265 e. The number of amides is 1. The average Bonchev–Trinajstić information content (AvgIpc) is 2.54. The molecular weight excluding hydrogens is 300 g/mol. The van der Waals surface area contributed by atoms with E-state index in [2.05, 4.69) is 17.5 Å². The summed E-state index contributed by atoms with van der Waals surface area (Å²) in [7, 11) is 0. The number of benzene rings is 2. The Labute approximate surface area is 143 Å². The molecule has 0 fully saturated rings. The molecule has 0 saturated heterocycles. The van der Waals surface area contributed by atoms with Crippen LogP contribution in [-0.2, 0) is 11.2 Å². The Morgan fingerprint density at radius 1 is 1.21 bits per heavy atom. The van der Waals surface area contributed by atoms with E-state index in [1.54, 1.807) is 19.1 Å². The van der Waals surface area contributed by atoms with Crippen molar-refractivity contribution in [3.05, 3.63) is 58.7 Å². The van der Waals surface area contributed by atoms with Crippen LogP contribution in [0.25, 0.3) is 0 Å². The molecule has 0 radical (unpaired) electrons. The van der Waals surface area contributed by atoms with Gasteiger partial charge in [-0.3, -0.25) is 4.79 Å². The average molecular weight is 322 g/mol. The summed E-state index contributed by atoms with van der Waals surface area (Å²) >= 11 is 0. The van der Waals surface area contributed by atoms with Crippen LogP contribution in [0.1, 0.15) is 29.2 Å².